The van der Waals surface area contributed by atoms with Crippen molar-refractivity contribution in [2.24, 2.45) is 5.92 Å². The van der Waals surface area contributed by atoms with Crippen molar-refractivity contribution in [3.63, 3.8) is 0 Å². The summed E-state index contributed by atoms with van der Waals surface area (Å²) >= 11 is 0. The Morgan fingerprint density at radius 2 is 2.00 bits per heavy atom. The molecule has 1 aliphatic rings. The van der Waals surface area contributed by atoms with Gasteiger partial charge in [-0.2, -0.15) is 13.2 Å². The van der Waals surface area contributed by atoms with Crippen LogP contribution in [0, 0.1) is 5.92 Å². The fraction of sp³-hybridized carbons (Fsp3) is 0.474. The molecule has 1 fully saturated rings. The Morgan fingerprint density at radius 3 is 2.73 bits per heavy atom. The molecule has 140 valence electrons. The maximum absolute atomic E-state index is 12.8. The van der Waals surface area contributed by atoms with E-state index in [1.54, 1.807) is 6.20 Å². The lowest BCUT2D eigenvalue weighted by atomic mass is 9.85. The van der Waals surface area contributed by atoms with E-state index in [0.29, 0.717) is 30.9 Å². The molecule has 1 saturated carbocycles. The molecule has 0 unspecified atom stereocenters. The average Bonchev–Trinajstić information content (AvgIpc) is 3.09. The van der Waals surface area contributed by atoms with Crippen molar-refractivity contribution in [1.82, 2.24) is 10.3 Å². The van der Waals surface area contributed by atoms with Crippen LogP contribution in [0.25, 0.3) is 11.3 Å². The second kappa shape index (κ2) is 7.93. The molecule has 1 N–H and O–H groups in total. The first kappa shape index (κ1) is 18.5. The molecule has 0 bridgehead atoms. The van der Waals surface area contributed by atoms with Crippen LogP contribution in [0.5, 0.6) is 0 Å². The van der Waals surface area contributed by atoms with E-state index in [4.69, 9.17) is 4.42 Å². The first-order valence-corrected chi connectivity index (χ1v) is 8.78. The van der Waals surface area contributed by atoms with Gasteiger partial charge in [0.15, 0.2) is 11.7 Å². The van der Waals surface area contributed by atoms with E-state index in [9.17, 15) is 18.0 Å². The molecule has 2 aromatic rings. The third-order valence-electron chi connectivity index (χ3n) is 4.68. The molecule has 1 aromatic carbocycles. The van der Waals surface area contributed by atoms with Crippen molar-refractivity contribution in [3.8, 4) is 11.3 Å². The summed E-state index contributed by atoms with van der Waals surface area (Å²) in [5.41, 5.74) is 0.899. The van der Waals surface area contributed by atoms with Gasteiger partial charge in [0.25, 0.3) is 0 Å². The topological polar surface area (TPSA) is 55.1 Å². The van der Waals surface area contributed by atoms with Gasteiger partial charge >= 0.3 is 6.18 Å². The van der Waals surface area contributed by atoms with Crippen LogP contribution in [-0.4, -0.2) is 23.1 Å². The second-order valence-electron chi connectivity index (χ2n) is 6.65. The van der Waals surface area contributed by atoms with Gasteiger partial charge in [0.1, 0.15) is 0 Å². The number of carbonyl (C=O) groups excluding carboxylic acids is 1. The molecule has 0 saturated heterocycles. The average molecular weight is 366 g/mol. The lowest BCUT2D eigenvalue weighted by molar-refractivity contribution is -0.184. The van der Waals surface area contributed by atoms with Crippen LogP contribution in [0.2, 0.25) is 0 Å². The van der Waals surface area contributed by atoms with Crippen LogP contribution in [0.1, 0.15) is 38.0 Å². The van der Waals surface area contributed by atoms with Gasteiger partial charge in [0.05, 0.1) is 12.1 Å². The molecule has 26 heavy (non-hydrogen) atoms. The van der Waals surface area contributed by atoms with Gasteiger partial charge in [-0.15, -0.1) is 0 Å². The Morgan fingerprint density at radius 1 is 1.23 bits per heavy atom. The van der Waals surface area contributed by atoms with Gasteiger partial charge in [-0.3, -0.25) is 4.79 Å². The van der Waals surface area contributed by atoms with E-state index < -0.39 is 18.1 Å². The summed E-state index contributed by atoms with van der Waals surface area (Å²) in [5, 5.41) is 2.72. The highest BCUT2D eigenvalue weighted by Gasteiger charge is 2.42. The van der Waals surface area contributed by atoms with Crippen LogP contribution in [0.3, 0.4) is 0 Å². The quantitative estimate of drug-likeness (QED) is 0.847. The maximum atomic E-state index is 12.8. The molecule has 1 heterocycles. The molecule has 1 aliphatic carbocycles. The van der Waals surface area contributed by atoms with Crippen LogP contribution in [0.15, 0.2) is 40.9 Å². The van der Waals surface area contributed by atoms with Crippen molar-refractivity contribution in [2.45, 2.75) is 50.7 Å². The summed E-state index contributed by atoms with van der Waals surface area (Å²) in [6, 6.07) is 9.08. The number of nitrogens with zero attached hydrogens (tertiary/aromatic N) is 1. The predicted molar refractivity (Wildman–Crippen MR) is 90.2 cm³/mol. The number of halogens is 3. The van der Waals surface area contributed by atoms with E-state index in [1.807, 2.05) is 30.3 Å². The van der Waals surface area contributed by atoms with Gasteiger partial charge in [-0.25, -0.2) is 4.98 Å². The van der Waals surface area contributed by atoms with Crippen molar-refractivity contribution >= 4 is 5.91 Å². The van der Waals surface area contributed by atoms with Gasteiger partial charge in [-0.05, 0) is 19.3 Å². The van der Waals surface area contributed by atoms with Gasteiger partial charge in [0, 0.05) is 24.4 Å². The lowest BCUT2D eigenvalue weighted by Gasteiger charge is -2.31. The normalized spacial score (nSPS) is 20.7. The Bertz CT molecular complexity index is 728. The maximum Gasteiger partial charge on any atom is 0.391 e. The fourth-order valence-electron chi connectivity index (χ4n) is 3.30. The zero-order chi connectivity index (χ0) is 18.6. The third-order valence-corrected chi connectivity index (χ3v) is 4.68. The number of hydrogen-bond donors (Lipinski definition) is 1. The van der Waals surface area contributed by atoms with E-state index >= 15 is 0 Å². The number of oxazole rings is 1. The first-order chi connectivity index (χ1) is 12.4. The van der Waals surface area contributed by atoms with Crippen molar-refractivity contribution in [1.29, 1.82) is 0 Å². The number of hydrogen-bond acceptors (Lipinski definition) is 3. The number of nitrogens with one attached hydrogen (secondary N) is 1. The van der Waals surface area contributed by atoms with Crippen molar-refractivity contribution < 1.29 is 22.4 Å². The van der Waals surface area contributed by atoms with Crippen LogP contribution < -0.4 is 5.32 Å². The fourth-order valence-corrected chi connectivity index (χ4v) is 3.30. The molecular formula is C19H21F3N2O2. The largest absolute Gasteiger partial charge is 0.441 e. The Hall–Kier alpha value is -2.31. The summed E-state index contributed by atoms with van der Waals surface area (Å²) in [6.07, 6.45) is -0.936. The highest BCUT2D eigenvalue weighted by molar-refractivity contribution is 5.76. The van der Waals surface area contributed by atoms with E-state index in [2.05, 4.69) is 10.3 Å². The summed E-state index contributed by atoms with van der Waals surface area (Å²) in [7, 11) is 0. The number of rotatable bonds is 5. The van der Waals surface area contributed by atoms with E-state index in [0.717, 1.165) is 5.56 Å². The van der Waals surface area contributed by atoms with Gasteiger partial charge < -0.3 is 9.73 Å². The standard InChI is InChI=1S/C19H21F3N2O2/c20-19(21,22)14-7-4-8-15(11-14)24-17(25)9-10-18-23-12-16(26-18)13-5-2-1-3-6-13/h1-3,5-6,12,14-15H,4,7-11H2,(H,24,25)/t14-,15-/m0/s1. The number of carbonyl (C=O) groups is 1. The molecule has 0 spiro atoms. The predicted octanol–water partition coefficient (Wildman–Crippen LogP) is 4.51. The highest BCUT2D eigenvalue weighted by Crippen LogP contribution is 2.37. The van der Waals surface area contributed by atoms with E-state index in [-0.39, 0.29) is 25.2 Å². The molecule has 0 aliphatic heterocycles. The molecule has 3 rings (SSSR count). The SMILES string of the molecule is O=C(CCc1ncc(-c2ccccc2)o1)N[C@H]1CCC[C@H](C(F)(F)F)C1. The van der Waals surface area contributed by atoms with Gasteiger partial charge in [0.2, 0.25) is 5.91 Å². The highest BCUT2D eigenvalue weighted by atomic mass is 19.4. The molecule has 0 radical (unpaired) electrons. The van der Waals surface area contributed by atoms with Gasteiger partial charge in [-0.1, -0.05) is 36.8 Å². The molecule has 1 amide bonds. The summed E-state index contributed by atoms with van der Waals surface area (Å²) in [6.45, 7) is 0. The minimum Gasteiger partial charge on any atom is -0.441 e. The Kier molecular flexibility index (Phi) is 5.64. The summed E-state index contributed by atoms with van der Waals surface area (Å²) < 4.78 is 44.1. The Labute approximate surface area is 149 Å². The summed E-state index contributed by atoms with van der Waals surface area (Å²) in [5.74, 6) is -0.517. The number of aromatic nitrogens is 1. The molecule has 1 aromatic heterocycles. The zero-order valence-electron chi connectivity index (χ0n) is 14.3. The summed E-state index contributed by atoms with van der Waals surface area (Å²) in [4.78, 5) is 16.2. The van der Waals surface area contributed by atoms with Crippen LogP contribution >= 0.6 is 0 Å². The minimum absolute atomic E-state index is 0.0353. The Balaban J connectivity index is 1.48. The van der Waals surface area contributed by atoms with E-state index in [1.165, 1.54) is 0 Å². The number of amides is 1. The molecule has 7 heteroatoms. The van der Waals surface area contributed by atoms with Crippen molar-refractivity contribution in [3.05, 3.63) is 42.4 Å². The first-order valence-electron chi connectivity index (χ1n) is 8.78. The number of alkyl halides is 3. The van der Waals surface area contributed by atoms with Crippen molar-refractivity contribution in [2.75, 3.05) is 0 Å². The molecule has 2 atom stereocenters. The smallest absolute Gasteiger partial charge is 0.391 e. The minimum atomic E-state index is -4.19. The zero-order valence-corrected chi connectivity index (χ0v) is 14.3. The number of benzene rings is 1. The second-order valence-corrected chi connectivity index (χ2v) is 6.65. The molecular weight excluding hydrogens is 345 g/mol. The van der Waals surface area contributed by atoms with Crippen LogP contribution in [-0.2, 0) is 11.2 Å². The molecule has 4 nitrogen and oxygen atoms in total. The third kappa shape index (κ3) is 4.86. The number of aryl methyl sites for hydroxylation is 1. The van der Waals surface area contributed by atoms with Crippen LogP contribution in [0.4, 0.5) is 13.2 Å². The monoisotopic (exact) mass is 366 g/mol. The lowest BCUT2D eigenvalue weighted by Crippen LogP contribution is -2.41.